The molecule has 0 aliphatic rings. The minimum Gasteiger partial charge on any atom is -0.469 e. The van der Waals surface area contributed by atoms with Crippen molar-refractivity contribution < 1.29 is 18.7 Å². The minimum absolute atomic E-state index is 0.121. The van der Waals surface area contributed by atoms with Crippen LogP contribution in [0.2, 0.25) is 0 Å². The maximum Gasteiger partial charge on any atom is 0.313 e. The lowest BCUT2D eigenvalue weighted by Gasteiger charge is -2.00. The normalized spacial score (nSPS) is 9.93. The molecule has 0 saturated heterocycles. The highest BCUT2D eigenvalue weighted by atomic mass is 16.5. The van der Waals surface area contributed by atoms with Crippen LogP contribution in [0.4, 0.5) is 0 Å². The third kappa shape index (κ3) is 4.44. The molecule has 4 nitrogen and oxygen atoms in total. The van der Waals surface area contributed by atoms with Crippen LogP contribution in [0, 0.1) is 0 Å². The summed E-state index contributed by atoms with van der Waals surface area (Å²) in [4.78, 5) is 22.2. The Bertz CT molecular complexity index is 313. The van der Waals surface area contributed by atoms with Crippen molar-refractivity contribution in [2.24, 2.45) is 0 Å². The van der Waals surface area contributed by atoms with E-state index in [1.54, 1.807) is 25.3 Å². The fourth-order valence-corrected chi connectivity index (χ4v) is 1.18. The van der Waals surface area contributed by atoms with Gasteiger partial charge in [0.2, 0.25) is 0 Å². The molecule has 0 unspecified atom stereocenters. The summed E-state index contributed by atoms with van der Waals surface area (Å²) in [5, 5.41) is 0. The lowest BCUT2D eigenvalue weighted by Crippen LogP contribution is -2.11. The van der Waals surface area contributed by atoms with Crippen molar-refractivity contribution in [3.63, 3.8) is 0 Å². The van der Waals surface area contributed by atoms with E-state index < -0.39 is 5.97 Å². The number of carbonyl (C=O) groups is 2. The predicted octanol–water partition coefficient (Wildman–Crippen LogP) is 1.73. The highest BCUT2D eigenvalue weighted by Gasteiger charge is 2.10. The van der Waals surface area contributed by atoms with Gasteiger partial charge < -0.3 is 9.15 Å². The van der Waals surface area contributed by atoms with Crippen molar-refractivity contribution in [1.29, 1.82) is 0 Å². The van der Waals surface area contributed by atoms with Crippen LogP contribution in [0.3, 0.4) is 0 Å². The number of ketones is 1. The lowest BCUT2D eigenvalue weighted by molar-refractivity contribution is -0.145. The second kappa shape index (κ2) is 6.01. The van der Waals surface area contributed by atoms with Crippen LogP contribution >= 0.6 is 0 Å². The second-order valence-corrected chi connectivity index (χ2v) is 3.10. The largest absolute Gasteiger partial charge is 0.469 e. The number of carbonyl (C=O) groups excluding carboxylic acids is 2. The molecule has 0 aliphatic heterocycles. The molecule has 0 saturated carbocycles. The number of Topliss-reactive ketones (excluding diaryl/α,β-unsaturated/α-hetero) is 1. The third-order valence-corrected chi connectivity index (χ3v) is 1.88. The van der Waals surface area contributed by atoms with Gasteiger partial charge in [-0.1, -0.05) is 0 Å². The van der Waals surface area contributed by atoms with Crippen LogP contribution in [0.25, 0.3) is 0 Å². The van der Waals surface area contributed by atoms with Gasteiger partial charge in [-0.15, -0.1) is 0 Å². The van der Waals surface area contributed by atoms with Crippen molar-refractivity contribution in [1.82, 2.24) is 0 Å². The topological polar surface area (TPSA) is 56.5 Å². The first kappa shape index (κ1) is 11.5. The number of aryl methyl sites for hydroxylation is 1. The maximum atomic E-state index is 11.3. The van der Waals surface area contributed by atoms with Crippen LogP contribution in [0.5, 0.6) is 0 Å². The highest BCUT2D eigenvalue weighted by molar-refractivity contribution is 5.95. The molecule has 0 spiro atoms. The van der Waals surface area contributed by atoms with Gasteiger partial charge in [0.25, 0.3) is 0 Å². The number of esters is 1. The van der Waals surface area contributed by atoms with Gasteiger partial charge in [0.1, 0.15) is 18.0 Å². The highest BCUT2D eigenvalue weighted by Crippen LogP contribution is 2.05. The van der Waals surface area contributed by atoms with Crippen LogP contribution in [-0.2, 0) is 20.7 Å². The van der Waals surface area contributed by atoms with Gasteiger partial charge in [-0.3, -0.25) is 9.59 Å². The van der Waals surface area contributed by atoms with Crippen molar-refractivity contribution in [2.45, 2.75) is 26.2 Å². The predicted molar refractivity (Wildman–Crippen MR) is 53.3 cm³/mol. The molecule has 1 rings (SSSR count). The Kier molecular flexibility index (Phi) is 4.60. The first-order valence-corrected chi connectivity index (χ1v) is 4.92. The molecule has 0 amide bonds. The summed E-state index contributed by atoms with van der Waals surface area (Å²) < 4.78 is 9.73. The fourth-order valence-electron chi connectivity index (χ4n) is 1.18. The van der Waals surface area contributed by atoms with E-state index in [-0.39, 0.29) is 12.2 Å². The van der Waals surface area contributed by atoms with Gasteiger partial charge in [-0.2, -0.15) is 0 Å². The van der Waals surface area contributed by atoms with Crippen molar-refractivity contribution >= 4 is 11.8 Å². The summed E-state index contributed by atoms with van der Waals surface area (Å²) in [6, 6.07) is 3.57. The zero-order valence-corrected chi connectivity index (χ0v) is 8.69. The van der Waals surface area contributed by atoms with E-state index in [1.165, 1.54) is 0 Å². The molecular weight excluding hydrogens is 196 g/mol. The first-order chi connectivity index (χ1) is 7.22. The third-order valence-electron chi connectivity index (χ3n) is 1.88. The van der Waals surface area contributed by atoms with Gasteiger partial charge in [0, 0.05) is 12.8 Å². The standard InChI is InChI=1S/C11H14O4/c1-2-14-11(13)8-9(12)5-6-10-4-3-7-15-10/h3-4,7H,2,5-6,8H2,1H3. The molecule has 82 valence electrons. The van der Waals surface area contributed by atoms with Crippen LogP contribution in [0.15, 0.2) is 22.8 Å². The van der Waals surface area contributed by atoms with Crippen molar-refractivity contribution in [3.8, 4) is 0 Å². The Morgan fingerprint density at radius 2 is 2.27 bits per heavy atom. The minimum atomic E-state index is -0.457. The SMILES string of the molecule is CCOC(=O)CC(=O)CCc1ccco1. The molecule has 0 fully saturated rings. The van der Waals surface area contributed by atoms with Crippen molar-refractivity contribution in [3.05, 3.63) is 24.2 Å². The van der Waals surface area contributed by atoms with Gasteiger partial charge in [-0.05, 0) is 19.1 Å². The molecule has 15 heavy (non-hydrogen) atoms. The summed E-state index contributed by atoms with van der Waals surface area (Å²) in [6.45, 7) is 2.02. The lowest BCUT2D eigenvalue weighted by atomic mass is 10.1. The number of hydrogen-bond donors (Lipinski definition) is 0. The first-order valence-electron chi connectivity index (χ1n) is 4.92. The molecule has 0 radical (unpaired) electrons. The van der Waals surface area contributed by atoms with E-state index in [4.69, 9.17) is 4.42 Å². The van der Waals surface area contributed by atoms with E-state index in [1.807, 2.05) is 0 Å². The molecule has 0 bridgehead atoms. The van der Waals surface area contributed by atoms with Crippen LogP contribution in [-0.4, -0.2) is 18.4 Å². The summed E-state index contributed by atoms with van der Waals surface area (Å²) in [5.74, 6) is 0.180. The quantitative estimate of drug-likeness (QED) is 0.530. The Hall–Kier alpha value is -1.58. The molecule has 1 aromatic heterocycles. The van der Waals surface area contributed by atoms with Crippen LogP contribution < -0.4 is 0 Å². The van der Waals surface area contributed by atoms with E-state index in [0.717, 1.165) is 5.76 Å². The monoisotopic (exact) mass is 210 g/mol. The summed E-state index contributed by atoms with van der Waals surface area (Å²) in [6.07, 6.45) is 2.26. The fraction of sp³-hybridized carbons (Fsp3) is 0.455. The molecule has 1 heterocycles. The number of ether oxygens (including phenoxy) is 1. The zero-order valence-electron chi connectivity index (χ0n) is 8.69. The van der Waals surface area contributed by atoms with Crippen molar-refractivity contribution in [2.75, 3.05) is 6.61 Å². The van der Waals surface area contributed by atoms with Gasteiger partial charge in [-0.25, -0.2) is 0 Å². The maximum absolute atomic E-state index is 11.3. The second-order valence-electron chi connectivity index (χ2n) is 3.10. The zero-order chi connectivity index (χ0) is 11.1. The van der Waals surface area contributed by atoms with E-state index in [2.05, 4.69) is 4.74 Å². The van der Waals surface area contributed by atoms with E-state index in [0.29, 0.717) is 19.4 Å². The molecule has 1 aromatic rings. The number of rotatable bonds is 6. The Balaban J connectivity index is 2.22. The van der Waals surface area contributed by atoms with Gasteiger partial charge in [0.15, 0.2) is 0 Å². The molecule has 0 atom stereocenters. The summed E-state index contributed by atoms with van der Waals surface area (Å²) in [7, 11) is 0. The van der Waals surface area contributed by atoms with Gasteiger partial charge >= 0.3 is 5.97 Å². The number of hydrogen-bond acceptors (Lipinski definition) is 4. The Morgan fingerprint density at radius 1 is 1.47 bits per heavy atom. The van der Waals surface area contributed by atoms with E-state index >= 15 is 0 Å². The summed E-state index contributed by atoms with van der Waals surface area (Å²) >= 11 is 0. The number of furan rings is 1. The van der Waals surface area contributed by atoms with Gasteiger partial charge in [0.05, 0.1) is 12.9 Å². The van der Waals surface area contributed by atoms with E-state index in [9.17, 15) is 9.59 Å². The average molecular weight is 210 g/mol. The molecule has 0 aromatic carbocycles. The molecule has 4 heteroatoms. The molecule has 0 N–H and O–H groups in total. The smallest absolute Gasteiger partial charge is 0.313 e. The van der Waals surface area contributed by atoms with Crippen LogP contribution in [0.1, 0.15) is 25.5 Å². The Morgan fingerprint density at radius 3 is 2.87 bits per heavy atom. The Labute approximate surface area is 88.2 Å². The molecular formula is C11H14O4. The average Bonchev–Trinajstić information content (AvgIpc) is 2.67. The molecule has 0 aliphatic carbocycles. The summed E-state index contributed by atoms with van der Waals surface area (Å²) in [5.41, 5.74) is 0.